The molecule has 2 aliphatic rings. The number of hydrogen-bond acceptors (Lipinski definition) is 6. The van der Waals surface area contributed by atoms with E-state index in [4.69, 9.17) is 14.2 Å². The Kier molecular flexibility index (Phi) is 8.72. The molecule has 1 atom stereocenters. The van der Waals surface area contributed by atoms with Gasteiger partial charge in [-0.15, -0.1) is 0 Å². The molecule has 0 aromatic heterocycles. The van der Waals surface area contributed by atoms with Crippen LogP contribution in [0.2, 0.25) is 0 Å². The Labute approximate surface area is 196 Å². The van der Waals surface area contributed by atoms with Crippen molar-refractivity contribution in [3.63, 3.8) is 0 Å². The van der Waals surface area contributed by atoms with Gasteiger partial charge in [0.15, 0.2) is 0 Å². The first kappa shape index (κ1) is 23.7. The highest BCUT2D eigenvalue weighted by Gasteiger charge is 2.26. The molecule has 2 saturated heterocycles. The molecule has 2 aromatic carbocycles. The number of rotatable bonds is 9. The fraction of sp³-hybridized carbons (Fsp3) is 0.500. The van der Waals surface area contributed by atoms with Gasteiger partial charge in [-0.05, 0) is 29.8 Å². The van der Waals surface area contributed by atoms with Crippen molar-refractivity contribution in [2.75, 3.05) is 72.7 Å². The smallest absolute Gasteiger partial charge is 0.253 e. The molecule has 0 saturated carbocycles. The van der Waals surface area contributed by atoms with Crippen LogP contribution in [0.1, 0.15) is 15.9 Å². The van der Waals surface area contributed by atoms with E-state index in [1.54, 1.807) is 7.11 Å². The van der Waals surface area contributed by atoms with Gasteiger partial charge in [0.05, 0.1) is 33.0 Å². The van der Waals surface area contributed by atoms with E-state index in [9.17, 15) is 4.79 Å². The van der Waals surface area contributed by atoms with Crippen molar-refractivity contribution in [3.05, 3.63) is 65.7 Å². The standard InChI is InChI=1S/C26H35N3O4/c1-31-24-9-7-22(8-10-24)19-28-15-18-33-25(20-28)21-29(12-11-27-13-16-32-17-14-27)26(30)23-5-3-2-4-6-23/h2-10,25H,11-21H2,1H3. The minimum Gasteiger partial charge on any atom is -0.497 e. The largest absolute Gasteiger partial charge is 0.497 e. The first-order valence-electron chi connectivity index (χ1n) is 11.8. The van der Waals surface area contributed by atoms with Gasteiger partial charge in [0, 0.05) is 57.9 Å². The van der Waals surface area contributed by atoms with E-state index in [1.165, 1.54) is 5.56 Å². The summed E-state index contributed by atoms with van der Waals surface area (Å²) >= 11 is 0. The van der Waals surface area contributed by atoms with E-state index in [0.29, 0.717) is 19.7 Å². The third kappa shape index (κ3) is 7.01. The molecule has 1 amide bonds. The molecule has 2 fully saturated rings. The maximum Gasteiger partial charge on any atom is 0.253 e. The fourth-order valence-corrected chi connectivity index (χ4v) is 4.40. The Hall–Kier alpha value is -2.45. The van der Waals surface area contributed by atoms with Crippen molar-refractivity contribution in [3.8, 4) is 5.75 Å². The number of methoxy groups -OCH3 is 1. The van der Waals surface area contributed by atoms with Gasteiger partial charge in [-0.2, -0.15) is 0 Å². The van der Waals surface area contributed by atoms with Crippen LogP contribution in [0.5, 0.6) is 5.75 Å². The lowest BCUT2D eigenvalue weighted by Crippen LogP contribution is -2.50. The summed E-state index contributed by atoms with van der Waals surface area (Å²) in [6.07, 6.45) is -0.00523. The lowest BCUT2D eigenvalue weighted by atomic mass is 10.1. The summed E-state index contributed by atoms with van der Waals surface area (Å²) in [4.78, 5) is 20.1. The minimum atomic E-state index is -0.00523. The molecule has 1 unspecified atom stereocenters. The van der Waals surface area contributed by atoms with Gasteiger partial charge in [0.25, 0.3) is 5.91 Å². The Morgan fingerprint density at radius 3 is 2.45 bits per heavy atom. The molecule has 7 heteroatoms. The molecule has 7 nitrogen and oxygen atoms in total. The number of carbonyl (C=O) groups excluding carboxylic acids is 1. The van der Waals surface area contributed by atoms with E-state index in [0.717, 1.165) is 63.8 Å². The molecule has 2 aliphatic heterocycles. The van der Waals surface area contributed by atoms with E-state index < -0.39 is 0 Å². The average molecular weight is 454 g/mol. The number of carbonyl (C=O) groups is 1. The number of nitrogens with zero attached hydrogens (tertiary/aromatic N) is 3. The summed E-state index contributed by atoms with van der Waals surface area (Å²) in [5.74, 6) is 0.939. The van der Waals surface area contributed by atoms with E-state index in [-0.39, 0.29) is 12.0 Å². The van der Waals surface area contributed by atoms with Gasteiger partial charge in [0.1, 0.15) is 5.75 Å². The molecular formula is C26H35N3O4. The molecule has 0 spiro atoms. The maximum absolute atomic E-state index is 13.3. The zero-order valence-corrected chi connectivity index (χ0v) is 19.5. The molecule has 0 N–H and O–H groups in total. The number of ether oxygens (including phenoxy) is 3. The van der Waals surface area contributed by atoms with Crippen molar-refractivity contribution < 1.29 is 19.0 Å². The van der Waals surface area contributed by atoms with Crippen molar-refractivity contribution in [1.82, 2.24) is 14.7 Å². The van der Waals surface area contributed by atoms with Gasteiger partial charge in [0.2, 0.25) is 0 Å². The van der Waals surface area contributed by atoms with Crippen molar-refractivity contribution >= 4 is 5.91 Å². The molecule has 4 rings (SSSR count). The zero-order chi connectivity index (χ0) is 22.9. The predicted octanol–water partition coefficient (Wildman–Crippen LogP) is 2.37. The maximum atomic E-state index is 13.3. The highest BCUT2D eigenvalue weighted by molar-refractivity contribution is 5.94. The molecule has 2 heterocycles. The highest BCUT2D eigenvalue weighted by Crippen LogP contribution is 2.16. The van der Waals surface area contributed by atoms with Gasteiger partial charge < -0.3 is 19.1 Å². The number of morpholine rings is 2. The molecule has 33 heavy (non-hydrogen) atoms. The highest BCUT2D eigenvalue weighted by atomic mass is 16.5. The van der Waals surface area contributed by atoms with Crippen LogP contribution in [-0.2, 0) is 16.0 Å². The SMILES string of the molecule is COc1ccc(CN2CCOC(CN(CCN3CCOCC3)C(=O)c3ccccc3)C2)cc1. The number of hydrogen-bond donors (Lipinski definition) is 0. The Bertz CT molecular complexity index is 856. The minimum absolute atomic E-state index is 0.00523. The second-order valence-corrected chi connectivity index (χ2v) is 8.65. The third-order valence-corrected chi connectivity index (χ3v) is 6.31. The lowest BCUT2D eigenvalue weighted by molar-refractivity contribution is -0.0443. The second kappa shape index (κ2) is 12.1. The van der Waals surface area contributed by atoms with Crippen molar-refractivity contribution in [2.24, 2.45) is 0 Å². The van der Waals surface area contributed by atoms with Gasteiger partial charge in [-0.25, -0.2) is 0 Å². The summed E-state index contributed by atoms with van der Waals surface area (Å²) in [5.41, 5.74) is 1.98. The van der Waals surface area contributed by atoms with Crippen LogP contribution in [0.25, 0.3) is 0 Å². The fourth-order valence-electron chi connectivity index (χ4n) is 4.40. The van der Waals surface area contributed by atoms with Crippen LogP contribution >= 0.6 is 0 Å². The summed E-state index contributed by atoms with van der Waals surface area (Å²) in [7, 11) is 1.68. The van der Waals surface area contributed by atoms with E-state index in [2.05, 4.69) is 21.9 Å². The van der Waals surface area contributed by atoms with Crippen LogP contribution in [0.4, 0.5) is 0 Å². The van der Waals surface area contributed by atoms with Crippen LogP contribution in [0.15, 0.2) is 54.6 Å². The van der Waals surface area contributed by atoms with E-state index >= 15 is 0 Å². The Morgan fingerprint density at radius 2 is 1.73 bits per heavy atom. The molecule has 2 aromatic rings. The molecule has 0 bridgehead atoms. The van der Waals surface area contributed by atoms with Crippen LogP contribution in [0.3, 0.4) is 0 Å². The van der Waals surface area contributed by atoms with Crippen LogP contribution < -0.4 is 4.74 Å². The summed E-state index contributed by atoms with van der Waals surface area (Å²) < 4.78 is 16.8. The Balaban J connectivity index is 1.37. The third-order valence-electron chi connectivity index (χ3n) is 6.31. The molecule has 178 valence electrons. The topological polar surface area (TPSA) is 54.5 Å². The number of amides is 1. The Morgan fingerprint density at radius 1 is 1.00 bits per heavy atom. The molecular weight excluding hydrogens is 418 g/mol. The number of benzene rings is 2. The van der Waals surface area contributed by atoms with Crippen molar-refractivity contribution in [2.45, 2.75) is 12.6 Å². The van der Waals surface area contributed by atoms with E-state index in [1.807, 2.05) is 47.4 Å². The quantitative estimate of drug-likeness (QED) is 0.581. The lowest BCUT2D eigenvalue weighted by Gasteiger charge is -2.36. The van der Waals surface area contributed by atoms with Crippen molar-refractivity contribution in [1.29, 1.82) is 0 Å². The van der Waals surface area contributed by atoms with Crippen LogP contribution in [0, 0.1) is 0 Å². The van der Waals surface area contributed by atoms with Gasteiger partial charge in [-0.3, -0.25) is 14.6 Å². The monoisotopic (exact) mass is 453 g/mol. The summed E-state index contributed by atoms with van der Waals surface area (Å²) in [5, 5.41) is 0. The first-order valence-corrected chi connectivity index (χ1v) is 11.8. The second-order valence-electron chi connectivity index (χ2n) is 8.65. The molecule has 0 aliphatic carbocycles. The predicted molar refractivity (Wildman–Crippen MR) is 128 cm³/mol. The first-order chi connectivity index (χ1) is 16.2. The van der Waals surface area contributed by atoms with Crippen LogP contribution in [-0.4, -0.2) is 99.5 Å². The molecule has 0 radical (unpaired) electrons. The summed E-state index contributed by atoms with van der Waals surface area (Å²) in [6, 6.07) is 17.8. The zero-order valence-electron chi connectivity index (χ0n) is 19.5. The summed E-state index contributed by atoms with van der Waals surface area (Å²) in [6.45, 7) is 8.74. The normalized spacial score (nSPS) is 19.8. The van der Waals surface area contributed by atoms with Gasteiger partial charge in [-0.1, -0.05) is 30.3 Å². The van der Waals surface area contributed by atoms with Gasteiger partial charge >= 0.3 is 0 Å². The average Bonchev–Trinajstić information content (AvgIpc) is 2.88.